The third kappa shape index (κ3) is 4.40. The molecule has 0 bridgehead atoms. The zero-order chi connectivity index (χ0) is 18.4. The van der Waals surface area contributed by atoms with Crippen LogP contribution >= 0.6 is 0 Å². The van der Waals surface area contributed by atoms with Crippen molar-refractivity contribution in [1.82, 2.24) is 10.3 Å². The van der Waals surface area contributed by atoms with Crippen LogP contribution in [0.15, 0.2) is 53.1 Å². The number of hydrogen-bond acceptors (Lipinski definition) is 5. The van der Waals surface area contributed by atoms with Gasteiger partial charge < -0.3 is 19.2 Å². The topological polar surface area (TPSA) is 56.5 Å². The van der Waals surface area contributed by atoms with Gasteiger partial charge in [-0.05, 0) is 42.5 Å². The molecular formula is C20H21FN2O3. The molecule has 0 unspecified atom stereocenters. The van der Waals surface area contributed by atoms with E-state index in [1.807, 2.05) is 18.2 Å². The summed E-state index contributed by atoms with van der Waals surface area (Å²) in [4.78, 5) is 4.44. The van der Waals surface area contributed by atoms with Crippen LogP contribution in [0.2, 0.25) is 0 Å². The molecule has 136 valence electrons. The highest BCUT2D eigenvalue weighted by molar-refractivity contribution is 5.52. The van der Waals surface area contributed by atoms with Crippen molar-refractivity contribution in [2.75, 3.05) is 20.8 Å². The van der Waals surface area contributed by atoms with Crippen molar-refractivity contribution in [3.63, 3.8) is 0 Å². The lowest BCUT2D eigenvalue weighted by molar-refractivity contribution is 0.397. The Morgan fingerprint density at radius 1 is 1.08 bits per heavy atom. The van der Waals surface area contributed by atoms with Gasteiger partial charge in [0.15, 0.2) is 0 Å². The van der Waals surface area contributed by atoms with Gasteiger partial charge >= 0.3 is 0 Å². The van der Waals surface area contributed by atoms with Crippen LogP contribution in [0.25, 0.3) is 11.5 Å². The minimum absolute atomic E-state index is 0.280. The largest absolute Gasteiger partial charge is 0.497 e. The summed E-state index contributed by atoms with van der Waals surface area (Å²) in [5, 5.41) is 3.37. The van der Waals surface area contributed by atoms with E-state index in [-0.39, 0.29) is 5.82 Å². The first kappa shape index (κ1) is 17.9. The van der Waals surface area contributed by atoms with E-state index in [1.54, 1.807) is 32.6 Å². The summed E-state index contributed by atoms with van der Waals surface area (Å²) in [6.45, 7) is 1.39. The van der Waals surface area contributed by atoms with Gasteiger partial charge in [0, 0.05) is 30.6 Å². The maximum absolute atomic E-state index is 13.0. The first-order valence-corrected chi connectivity index (χ1v) is 8.31. The minimum Gasteiger partial charge on any atom is -0.497 e. The minimum atomic E-state index is -0.280. The number of nitrogens with one attached hydrogen (secondary N) is 1. The molecule has 0 saturated heterocycles. The Morgan fingerprint density at radius 2 is 1.88 bits per heavy atom. The fourth-order valence-corrected chi connectivity index (χ4v) is 2.61. The SMILES string of the molecule is COc1ccc(OC)c(CNCCc2coc(-c3ccc(F)cc3)n2)c1. The van der Waals surface area contributed by atoms with Crippen LogP contribution in [-0.4, -0.2) is 25.7 Å². The van der Waals surface area contributed by atoms with Gasteiger partial charge in [-0.3, -0.25) is 0 Å². The number of hydrogen-bond donors (Lipinski definition) is 1. The van der Waals surface area contributed by atoms with Gasteiger partial charge in [0.05, 0.1) is 19.9 Å². The Kier molecular flexibility index (Phi) is 5.86. The van der Waals surface area contributed by atoms with Crippen LogP contribution in [0.1, 0.15) is 11.3 Å². The number of aromatic nitrogens is 1. The van der Waals surface area contributed by atoms with Gasteiger partial charge in [0.1, 0.15) is 23.6 Å². The molecule has 0 saturated carbocycles. The average molecular weight is 356 g/mol. The fraction of sp³-hybridized carbons (Fsp3) is 0.250. The summed E-state index contributed by atoms with van der Waals surface area (Å²) in [5.41, 5.74) is 2.63. The molecule has 0 fully saturated rings. The molecule has 0 spiro atoms. The van der Waals surface area contributed by atoms with Crippen LogP contribution in [0, 0.1) is 5.82 Å². The Labute approximate surface area is 151 Å². The molecule has 26 heavy (non-hydrogen) atoms. The second kappa shape index (κ2) is 8.49. The molecular weight excluding hydrogens is 335 g/mol. The fourth-order valence-electron chi connectivity index (χ4n) is 2.61. The zero-order valence-corrected chi connectivity index (χ0v) is 14.8. The number of rotatable bonds is 8. The normalized spacial score (nSPS) is 10.7. The van der Waals surface area contributed by atoms with Gasteiger partial charge in [-0.2, -0.15) is 0 Å². The van der Waals surface area contributed by atoms with E-state index in [2.05, 4.69) is 10.3 Å². The lowest BCUT2D eigenvalue weighted by atomic mass is 10.2. The molecule has 0 aliphatic heterocycles. The maximum atomic E-state index is 13.0. The summed E-state index contributed by atoms with van der Waals surface area (Å²) in [6, 6.07) is 11.8. The average Bonchev–Trinajstić information content (AvgIpc) is 3.14. The second-order valence-electron chi connectivity index (χ2n) is 5.76. The van der Waals surface area contributed by atoms with Crippen LogP contribution in [0.3, 0.4) is 0 Å². The molecule has 3 rings (SSSR count). The molecule has 0 aliphatic rings. The molecule has 1 N–H and O–H groups in total. The third-order valence-corrected chi connectivity index (χ3v) is 4.00. The molecule has 3 aromatic rings. The van der Waals surface area contributed by atoms with E-state index in [0.29, 0.717) is 12.4 Å². The van der Waals surface area contributed by atoms with E-state index >= 15 is 0 Å². The summed E-state index contributed by atoms with van der Waals surface area (Å²) >= 11 is 0. The van der Waals surface area contributed by atoms with Gasteiger partial charge in [-0.25, -0.2) is 9.37 Å². The summed E-state index contributed by atoms with van der Waals surface area (Å²) in [7, 11) is 3.29. The van der Waals surface area contributed by atoms with Crippen molar-refractivity contribution < 1.29 is 18.3 Å². The second-order valence-corrected chi connectivity index (χ2v) is 5.76. The Balaban J connectivity index is 1.54. The predicted molar refractivity (Wildman–Crippen MR) is 96.9 cm³/mol. The number of nitrogens with zero attached hydrogens (tertiary/aromatic N) is 1. The molecule has 0 aliphatic carbocycles. The highest BCUT2D eigenvalue weighted by Gasteiger charge is 2.08. The molecule has 0 atom stereocenters. The number of benzene rings is 2. The van der Waals surface area contributed by atoms with E-state index in [4.69, 9.17) is 13.9 Å². The zero-order valence-electron chi connectivity index (χ0n) is 14.8. The predicted octanol–water partition coefficient (Wildman–Crippen LogP) is 3.83. The molecule has 0 amide bonds. The van der Waals surface area contributed by atoms with E-state index in [1.165, 1.54) is 12.1 Å². The molecule has 1 heterocycles. The van der Waals surface area contributed by atoms with E-state index in [9.17, 15) is 4.39 Å². The summed E-state index contributed by atoms with van der Waals surface area (Å²) in [6.07, 6.45) is 2.35. The Hall–Kier alpha value is -2.86. The van der Waals surface area contributed by atoms with Gasteiger partial charge in [-0.1, -0.05) is 0 Å². The Bertz CT molecular complexity index is 847. The van der Waals surface area contributed by atoms with Crippen molar-refractivity contribution in [1.29, 1.82) is 0 Å². The van der Waals surface area contributed by atoms with Crippen molar-refractivity contribution in [2.24, 2.45) is 0 Å². The van der Waals surface area contributed by atoms with E-state index < -0.39 is 0 Å². The highest BCUT2D eigenvalue weighted by Crippen LogP contribution is 2.23. The van der Waals surface area contributed by atoms with Gasteiger partial charge in [-0.15, -0.1) is 0 Å². The molecule has 0 radical (unpaired) electrons. The molecule has 2 aromatic carbocycles. The smallest absolute Gasteiger partial charge is 0.226 e. The molecule has 5 nitrogen and oxygen atoms in total. The van der Waals surface area contributed by atoms with Gasteiger partial charge in [0.25, 0.3) is 0 Å². The van der Waals surface area contributed by atoms with Crippen LogP contribution in [0.4, 0.5) is 4.39 Å². The maximum Gasteiger partial charge on any atom is 0.226 e. The number of ether oxygens (including phenoxy) is 2. The summed E-state index contributed by atoms with van der Waals surface area (Å²) < 4.78 is 29.1. The lowest BCUT2D eigenvalue weighted by Crippen LogP contribution is -2.17. The van der Waals surface area contributed by atoms with Crippen molar-refractivity contribution in [3.8, 4) is 23.0 Å². The highest BCUT2D eigenvalue weighted by atomic mass is 19.1. The van der Waals surface area contributed by atoms with Gasteiger partial charge in [0.2, 0.25) is 5.89 Å². The van der Waals surface area contributed by atoms with Crippen LogP contribution in [-0.2, 0) is 13.0 Å². The lowest BCUT2D eigenvalue weighted by Gasteiger charge is -2.11. The van der Waals surface area contributed by atoms with Crippen molar-refractivity contribution in [3.05, 3.63) is 65.8 Å². The quantitative estimate of drug-likeness (QED) is 0.622. The molecule has 6 heteroatoms. The standard InChI is InChI=1S/C20H21FN2O3/c1-24-18-7-8-19(25-2)15(11-18)12-22-10-9-17-13-26-20(23-17)14-3-5-16(21)6-4-14/h3-8,11,13,22H,9-10,12H2,1-2H3. The first-order valence-electron chi connectivity index (χ1n) is 8.31. The summed E-state index contributed by atoms with van der Waals surface area (Å²) in [5.74, 6) is 1.83. The van der Waals surface area contributed by atoms with E-state index in [0.717, 1.165) is 41.3 Å². The number of oxazole rings is 1. The van der Waals surface area contributed by atoms with Crippen LogP contribution < -0.4 is 14.8 Å². The number of halogens is 1. The monoisotopic (exact) mass is 356 g/mol. The molecule has 1 aromatic heterocycles. The Morgan fingerprint density at radius 3 is 2.62 bits per heavy atom. The number of methoxy groups -OCH3 is 2. The van der Waals surface area contributed by atoms with Crippen molar-refractivity contribution in [2.45, 2.75) is 13.0 Å². The third-order valence-electron chi connectivity index (χ3n) is 4.00. The van der Waals surface area contributed by atoms with Crippen LogP contribution in [0.5, 0.6) is 11.5 Å². The van der Waals surface area contributed by atoms with Crippen molar-refractivity contribution >= 4 is 0 Å². The first-order chi connectivity index (χ1) is 12.7.